The second-order valence-corrected chi connectivity index (χ2v) is 10.8. The van der Waals surface area contributed by atoms with Crippen LogP contribution in [0.2, 0.25) is 5.02 Å². The molecule has 172 valence electrons. The third-order valence-electron chi connectivity index (χ3n) is 5.98. The SMILES string of the molecule is Cc1cccc(N(CC(=O)N[C@H](C)c2ccc3c(c2)CCC3)S(=O)(=O)c2ccc(Cl)cc2)c1. The number of halogens is 1. The van der Waals surface area contributed by atoms with Gasteiger partial charge in [0.2, 0.25) is 5.91 Å². The highest BCUT2D eigenvalue weighted by Crippen LogP contribution is 2.27. The minimum atomic E-state index is -3.98. The average Bonchev–Trinajstić information content (AvgIpc) is 3.25. The Balaban J connectivity index is 1.58. The van der Waals surface area contributed by atoms with Gasteiger partial charge >= 0.3 is 0 Å². The molecule has 0 fully saturated rings. The molecule has 0 aliphatic heterocycles. The van der Waals surface area contributed by atoms with Gasteiger partial charge in [-0.3, -0.25) is 9.10 Å². The molecule has 0 saturated carbocycles. The van der Waals surface area contributed by atoms with Crippen LogP contribution in [0.4, 0.5) is 5.69 Å². The van der Waals surface area contributed by atoms with E-state index in [1.165, 1.54) is 35.4 Å². The zero-order valence-corrected chi connectivity index (χ0v) is 20.3. The Morgan fingerprint density at radius 2 is 1.76 bits per heavy atom. The first-order valence-corrected chi connectivity index (χ1v) is 12.8. The number of sulfonamides is 1. The molecule has 33 heavy (non-hydrogen) atoms. The van der Waals surface area contributed by atoms with Crippen molar-refractivity contribution < 1.29 is 13.2 Å². The van der Waals surface area contributed by atoms with E-state index in [-0.39, 0.29) is 23.4 Å². The predicted octanol–water partition coefficient (Wildman–Crippen LogP) is 5.21. The highest BCUT2D eigenvalue weighted by molar-refractivity contribution is 7.92. The van der Waals surface area contributed by atoms with Gasteiger partial charge in [0, 0.05) is 5.02 Å². The summed E-state index contributed by atoms with van der Waals surface area (Å²) in [5, 5.41) is 3.41. The second-order valence-electron chi connectivity index (χ2n) is 8.48. The van der Waals surface area contributed by atoms with Crippen LogP contribution in [-0.2, 0) is 27.7 Å². The number of amides is 1. The van der Waals surface area contributed by atoms with Crippen molar-refractivity contribution in [3.8, 4) is 0 Å². The average molecular weight is 483 g/mol. The first-order valence-electron chi connectivity index (χ1n) is 11.0. The normalized spacial score (nSPS) is 13.9. The number of aryl methyl sites for hydroxylation is 3. The van der Waals surface area contributed by atoms with Gasteiger partial charge in [-0.25, -0.2) is 8.42 Å². The van der Waals surface area contributed by atoms with Gasteiger partial charge in [-0.1, -0.05) is 41.9 Å². The first kappa shape index (κ1) is 23.3. The van der Waals surface area contributed by atoms with Gasteiger partial charge in [0.1, 0.15) is 6.54 Å². The number of rotatable bonds is 7. The molecule has 1 N–H and O–H groups in total. The van der Waals surface area contributed by atoms with Crippen LogP contribution in [0.5, 0.6) is 0 Å². The van der Waals surface area contributed by atoms with Crippen molar-refractivity contribution in [2.45, 2.75) is 44.0 Å². The molecule has 0 saturated heterocycles. The molecule has 1 aliphatic rings. The van der Waals surface area contributed by atoms with Crippen LogP contribution in [-0.4, -0.2) is 20.9 Å². The molecule has 0 radical (unpaired) electrons. The zero-order chi connectivity index (χ0) is 23.6. The number of hydrogen-bond donors (Lipinski definition) is 1. The molecule has 1 aliphatic carbocycles. The molecule has 0 unspecified atom stereocenters. The fraction of sp³-hybridized carbons (Fsp3) is 0.269. The van der Waals surface area contributed by atoms with Gasteiger partial charge in [-0.15, -0.1) is 0 Å². The zero-order valence-electron chi connectivity index (χ0n) is 18.7. The first-order chi connectivity index (χ1) is 15.7. The highest BCUT2D eigenvalue weighted by atomic mass is 35.5. The number of fused-ring (bicyclic) bond motifs is 1. The van der Waals surface area contributed by atoms with Crippen LogP contribution >= 0.6 is 11.6 Å². The lowest BCUT2D eigenvalue weighted by Crippen LogP contribution is -2.41. The quantitative estimate of drug-likeness (QED) is 0.502. The third-order valence-corrected chi connectivity index (χ3v) is 8.02. The topological polar surface area (TPSA) is 66.5 Å². The number of nitrogens with one attached hydrogen (secondary N) is 1. The maximum absolute atomic E-state index is 13.5. The fourth-order valence-corrected chi connectivity index (χ4v) is 5.73. The smallest absolute Gasteiger partial charge is 0.264 e. The predicted molar refractivity (Wildman–Crippen MR) is 132 cm³/mol. The summed E-state index contributed by atoms with van der Waals surface area (Å²) >= 11 is 5.94. The van der Waals surface area contributed by atoms with E-state index in [1.54, 1.807) is 18.2 Å². The molecule has 1 atom stereocenters. The van der Waals surface area contributed by atoms with E-state index in [1.807, 2.05) is 26.0 Å². The van der Waals surface area contributed by atoms with Crippen molar-refractivity contribution in [1.82, 2.24) is 5.32 Å². The Labute approximate surface area is 200 Å². The number of anilines is 1. The number of nitrogens with zero attached hydrogens (tertiary/aromatic N) is 1. The van der Waals surface area contributed by atoms with Crippen LogP contribution in [0.25, 0.3) is 0 Å². The second kappa shape index (κ2) is 9.57. The summed E-state index contributed by atoms with van der Waals surface area (Å²) in [6.07, 6.45) is 3.32. The monoisotopic (exact) mass is 482 g/mol. The number of benzene rings is 3. The lowest BCUT2D eigenvalue weighted by atomic mass is 10.0. The van der Waals surface area contributed by atoms with Gasteiger partial charge < -0.3 is 5.32 Å². The lowest BCUT2D eigenvalue weighted by molar-refractivity contribution is -0.120. The van der Waals surface area contributed by atoms with Crippen molar-refractivity contribution in [3.05, 3.63) is 94.0 Å². The Bertz CT molecular complexity index is 1270. The van der Waals surface area contributed by atoms with Gasteiger partial charge in [0.25, 0.3) is 10.0 Å². The van der Waals surface area contributed by atoms with E-state index in [2.05, 4.69) is 17.4 Å². The summed E-state index contributed by atoms with van der Waals surface area (Å²) in [4.78, 5) is 13.1. The van der Waals surface area contributed by atoms with Crippen molar-refractivity contribution in [1.29, 1.82) is 0 Å². The summed E-state index contributed by atoms with van der Waals surface area (Å²) in [5.74, 6) is -0.373. The summed E-state index contributed by atoms with van der Waals surface area (Å²) in [6.45, 7) is 3.47. The van der Waals surface area contributed by atoms with Crippen molar-refractivity contribution >= 4 is 33.2 Å². The number of carbonyl (C=O) groups is 1. The summed E-state index contributed by atoms with van der Waals surface area (Å²) in [6, 6.07) is 19.1. The standard InChI is InChI=1S/C26H27ClN2O3S/c1-18-5-3-8-24(15-18)29(33(31,32)25-13-11-23(27)12-14-25)17-26(30)28-19(2)21-10-9-20-6-4-7-22(20)16-21/h3,5,8-16,19H,4,6-7,17H2,1-2H3,(H,28,30)/t19-/m1/s1. The van der Waals surface area contributed by atoms with Crippen LogP contribution in [0.3, 0.4) is 0 Å². The molecular weight excluding hydrogens is 456 g/mol. The third kappa shape index (κ3) is 5.23. The summed E-state index contributed by atoms with van der Waals surface area (Å²) in [7, 11) is -3.98. The van der Waals surface area contributed by atoms with Gasteiger partial charge in [-0.05, 0) is 91.8 Å². The van der Waals surface area contributed by atoms with Crippen LogP contribution in [0.15, 0.2) is 71.6 Å². The molecule has 3 aromatic rings. The molecule has 1 amide bonds. The van der Waals surface area contributed by atoms with Crippen LogP contribution in [0.1, 0.15) is 41.6 Å². The molecule has 4 rings (SSSR count). The van der Waals surface area contributed by atoms with Gasteiger partial charge in [-0.2, -0.15) is 0 Å². The van der Waals surface area contributed by atoms with E-state index in [4.69, 9.17) is 11.6 Å². The Morgan fingerprint density at radius 3 is 2.48 bits per heavy atom. The molecule has 0 spiro atoms. The molecule has 5 nitrogen and oxygen atoms in total. The molecule has 0 bridgehead atoms. The van der Waals surface area contributed by atoms with Gasteiger partial charge in [0.05, 0.1) is 16.6 Å². The Kier molecular flexibility index (Phi) is 6.77. The van der Waals surface area contributed by atoms with E-state index >= 15 is 0 Å². The molecule has 7 heteroatoms. The Morgan fingerprint density at radius 1 is 1.03 bits per heavy atom. The van der Waals surface area contributed by atoms with E-state index < -0.39 is 10.0 Å². The maximum Gasteiger partial charge on any atom is 0.264 e. The van der Waals surface area contributed by atoms with E-state index in [0.29, 0.717) is 10.7 Å². The fourth-order valence-electron chi connectivity index (χ4n) is 4.19. The van der Waals surface area contributed by atoms with Crippen LogP contribution < -0.4 is 9.62 Å². The molecule has 0 aromatic heterocycles. The summed E-state index contributed by atoms with van der Waals surface area (Å²) < 4.78 is 28.1. The van der Waals surface area contributed by atoms with E-state index in [9.17, 15) is 13.2 Å². The molecule has 0 heterocycles. The van der Waals surface area contributed by atoms with Crippen molar-refractivity contribution in [3.63, 3.8) is 0 Å². The summed E-state index contributed by atoms with van der Waals surface area (Å²) in [5.41, 5.74) is 5.06. The molecule has 3 aromatic carbocycles. The largest absolute Gasteiger partial charge is 0.348 e. The highest BCUT2D eigenvalue weighted by Gasteiger charge is 2.28. The van der Waals surface area contributed by atoms with Crippen molar-refractivity contribution in [2.75, 3.05) is 10.8 Å². The lowest BCUT2D eigenvalue weighted by Gasteiger charge is -2.25. The number of hydrogen-bond acceptors (Lipinski definition) is 3. The van der Waals surface area contributed by atoms with Crippen molar-refractivity contribution in [2.24, 2.45) is 0 Å². The number of carbonyl (C=O) groups excluding carboxylic acids is 1. The Hall–Kier alpha value is -2.83. The maximum atomic E-state index is 13.5. The van der Waals surface area contributed by atoms with Crippen LogP contribution in [0, 0.1) is 6.92 Å². The molecular formula is C26H27ClN2O3S. The van der Waals surface area contributed by atoms with Gasteiger partial charge in [0.15, 0.2) is 0 Å². The minimum Gasteiger partial charge on any atom is -0.348 e. The van der Waals surface area contributed by atoms with E-state index in [0.717, 1.165) is 34.7 Å². The minimum absolute atomic E-state index is 0.0767.